The van der Waals surface area contributed by atoms with Crippen LogP contribution < -0.4 is 5.32 Å². The van der Waals surface area contributed by atoms with Crippen molar-refractivity contribution in [2.75, 3.05) is 7.05 Å². The molecule has 0 aliphatic rings. The van der Waals surface area contributed by atoms with Gasteiger partial charge in [0.25, 0.3) is 0 Å². The van der Waals surface area contributed by atoms with E-state index >= 15 is 0 Å². The summed E-state index contributed by atoms with van der Waals surface area (Å²) in [6.07, 6.45) is 0. The highest BCUT2D eigenvalue weighted by atomic mass is 35.5. The van der Waals surface area contributed by atoms with Crippen LogP contribution in [0.25, 0.3) is 5.69 Å². The van der Waals surface area contributed by atoms with Crippen LogP contribution in [0.2, 0.25) is 5.02 Å². The van der Waals surface area contributed by atoms with E-state index in [1.54, 1.807) is 0 Å². The molecule has 0 saturated heterocycles. The Hall–Kier alpha value is -1.32. The van der Waals surface area contributed by atoms with Crippen LogP contribution in [-0.2, 0) is 6.54 Å². The Morgan fingerprint density at radius 1 is 1.28 bits per heavy atom. The summed E-state index contributed by atoms with van der Waals surface area (Å²) in [6, 6.07) is 6.08. The molecule has 0 aliphatic carbocycles. The van der Waals surface area contributed by atoms with Gasteiger partial charge in [-0.3, -0.25) is 0 Å². The third-order valence-electron chi connectivity index (χ3n) is 3.27. The van der Waals surface area contributed by atoms with E-state index in [2.05, 4.69) is 30.3 Å². The van der Waals surface area contributed by atoms with Crippen LogP contribution in [0.15, 0.2) is 18.2 Å². The van der Waals surface area contributed by atoms with Crippen molar-refractivity contribution in [3.05, 3.63) is 45.7 Å². The number of nitrogens with one attached hydrogen (secondary N) is 1. The van der Waals surface area contributed by atoms with Crippen LogP contribution in [0.4, 0.5) is 0 Å². The third-order valence-corrected chi connectivity index (χ3v) is 3.58. The summed E-state index contributed by atoms with van der Waals surface area (Å²) in [6.45, 7) is 6.98. The fraction of sp³-hybridized carbons (Fsp3) is 0.357. The van der Waals surface area contributed by atoms with Crippen molar-refractivity contribution in [1.82, 2.24) is 15.1 Å². The van der Waals surface area contributed by atoms with Crippen LogP contribution in [0.1, 0.15) is 22.5 Å². The zero-order valence-corrected chi connectivity index (χ0v) is 12.0. The van der Waals surface area contributed by atoms with Gasteiger partial charge in [0.15, 0.2) is 0 Å². The molecule has 2 rings (SSSR count). The largest absolute Gasteiger partial charge is 0.316 e. The lowest BCUT2D eigenvalue weighted by Gasteiger charge is -2.09. The van der Waals surface area contributed by atoms with Gasteiger partial charge < -0.3 is 5.32 Å². The molecule has 1 aromatic heterocycles. The molecule has 96 valence electrons. The predicted molar refractivity (Wildman–Crippen MR) is 75.5 cm³/mol. The summed E-state index contributed by atoms with van der Waals surface area (Å²) in [4.78, 5) is 0. The van der Waals surface area contributed by atoms with Gasteiger partial charge in [0.05, 0.1) is 16.4 Å². The van der Waals surface area contributed by atoms with Crippen molar-refractivity contribution in [1.29, 1.82) is 0 Å². The maximum absolute atomic E-state index is 6.34. The van der Waals surface area contributed by atoms with Crippen LogP contribution in [0, 0.1) is 20.8 Å². The van der Waals surface area contributed by atoms with Gasteiger partial charge in [-0.15, -0.1) is 0 Å². The van der Waals surface area contributed by atoms with Gasteiger partial charge in [-0.05, 0) is 51.1 Å². The van der Waals surface area contributed by atoms with Crippen molar-refractivity contribution in [3.63, 3.8) is 0 Å². The molecule has 18 heavy (non-hydrogen) atoms. The molecule has 0 unspecified atom stereocenters. The smallest absolute Gasteiger partial charge is 0.0835 e. The molecule has 0 spiro atoms. The van der Waals surface area contributed by atoms with Gasteiger partial charge in [-0.2, -0.15) is 5.10 Å². The van der Waals surface area contributed by atoms with Gasteiger partial charge in [-0.25, -0.2) is 4.68 Å². The van der Waals surface area contributed by atoms with Crippen molar-refractivity contribution < 1.29 is 0 Å². The summed E-state index contributed by atoms with van der Waals surface area (Å²) >= 11 is 6.34. The summed E-state index contributed by atoms with van der Waals surface area (Å²) in [5.74, 6) is 0. The zero-order valence-electron chi connectivity index (χ0n) is 11.2. The number of aromatic nitrogens is 2. The van der Waals surface area contributed by atoms with Gasteiger partial charge in [0.1, 0.15) is 0 Å². The molecule has 1 N–H and O–H groups in total. The molecule has 0 amide bonds. The molecule has 0 atom stereocenters. The molecular weight excluding hydrogens is 246 g/mol. The Labute approximate surface area is 113 Å². The Morgan fingerprint density at radius 2 is 2.00 bits per heavy atom. The minimum atomic E-state index is 0.730. The van der Waals surface area contributed by atoms with E-state index < -0.39 is 0 Å². The number of nitrogens with zero attached hydrogens (tertiary/aromatic N) is 2. The van der Waals surface area contributed by atoms with E-state index in [1.807, 2.05) is 30.8 Å². The monoisotopic (exact) mass is 263 g/mol. The number of benzene rings is 1. The highest BCUT2D eigenvalue weighted by Gasteiger charge is 2.11. The molecule has 4 heteroatoms. The van der Waals surface area contributed by atoms with E-state index in [4.69, 9.17) is 11.6 Å². The lowest BCUT2D eigenvalue weighted by atomic mass is 10.2. The van der Waals surface area contributed by atoms with Crippen molar-refractivity contribution >= 4 is 11.6 Å². The number of hydrogen-bond donors (Lipinski definition) is 1. The number of halogens is 1. The maximum atomic E-state index is 6.34. The first-order chi connectivity index (χ1) is 8.54. The molecule has 1 aromatic carbocycles. The average Bonchev–Trinajstić information content (AvgIpc) is 2.58. The minimum absolute atomic E-state index is 0.730. The number of aryl methyl sites for hydroxylation is 1. The van der Waals surface area contributed by atoms with Gasteiger partial charge >= 0.3 is 0 Å². The van der Waals surface area contributed by atoms with E-state index in [1.165, 1.54) is 11.1 Å². The lowest BCUT2D eigenvalue weighted by Crippen LogP contribution is -2.06. The van der Waals surface area contributed by atoms with Crippen molar-refractivity contribution in [3.8, 4) is 5.69 Å². The molecular formula is C14H18ClN3. The third kappa shape index (κ3) is 2.28. The quantitative estimate of drug-likeness (QED) is 0.922. The number of rotatable bonds is 3. The first kappa shape index (κ1) is 13.1. The van der Waals surface area contributed by atoms with E-state index in [0.717, 1.165) is 28.6 Å². The average molecular weight is 264 g/mol. The topological polar surface area (TPSA) is 29.9 Å². The van der Waals surface area contributed by atoms with Crippen LogP contribution in [0.5, 0.6) is 0 Å². The second-order valence-corrected chi connectivity index (χ2v) is 4.93. The summed E-state index contributed by atoms with van der Waals surface area (Å²) < 4.78 is 1.91. The Bertz CT molecular complexity index is 573. The maximum Gasteiger partial charge on any atom is 0.0835 e. The van der Waals surface area contributed by atoms with Crippen molar-refractivity contribution in [2.24, 2.45) is 0 Å². The fourth-order valence-electron chi connectivity index (χ4n) is 1.99. The molecule has 3 nitrogen and oxygen atoms in total. The van der Waals surface area contributed by atoms with Crippen molar-refractivity contribution in [2.45, 2.75) is 27.3 Å². The van der Waals surface area contributed by atoms with Gasteiger partial charge in [-0.1, -0.05) is 17.7 Å². The molecule has 0 fully saturated rings. The molecule has 1 heterocycles. The first-order valence-corrected chi connectivity index (χ1v) is 6.38. The molecule has 0 bridgehead atoms. The second kappa shape index (κ2) is 5.12. The Balaban J connectivity index is 2.48. The molecule has 0 radical (unpaired) electrons. The van der Waals surface area contributed by atoms with Crippen LogP contribution in [0.3, 0.4) is 0 Å². The summed E-state index contributed by atoms with van der Waals surface area (Å²) in [5.41, 5.74) is 5.50. The van der Waals surface area contributed by atoms with Gasteiger partial charge in [0, 0.05) is 12.2 Å². The van der Waals surface area contributed by atoms with E-state index in [0.29, 0.717) is 0 Å². The van der Waals surface area contributed by atoms with Crippen LogP contribution in [-0.4, -0.2) is 16.8 Å². The highest BCUT2D eigenvalue weighted by molar-refractivity contribution is 6.32. The standard InChI is InChI=1S/C14H18ClN3/c1-9-10(2)17-18(11(9)3)14-6-5-12(8-16-4)7-13(14)15/h5-7,16H,8H2,1-4H3. The fourth-order valence-corrected chi connectivity index (χ4v) is 2.27. The Kier molecular flexibility index (Phi) is 3.73. The molecule has 0 saturated carbocycles. The van der Waals surface area contributed by atoms with E-state index in [9.17, 15) is 0 Å². The molecule has 2 aromatic rings. The lowest BCUT2D eigenvalue weighted by molar-refractivity contribution is 0.810. The summed E-state index contributed by atoms with van der Waals surface area (Å²) in [7, 11) is 1.92. The van der Waals surface area contributed by atoms with Gasteiger partial charge in [0.2, 0.25) is 0 Å². The first-order valence-electron chi connectivity index (χ1n) is 6.00. The van der Waals surface area contributed by atoms with Crippen LogP contribution >= 0.6 is 11.6 Å². The SMILES string of the molecule is CNCc1ccc(-n2nc(C)c(C)c2C)c(Cl)c1. The number of hydrogen-bond acceptors (Lipinski definition) is 2. The minimum Gasteiger partial charge on any atom is -0.316 e. The summed E-state index contributed by atoms with van der Waals surface area (Å²) in [5, 5.41) is 8.38. The normalized spacial score (nSPS) is 10.9. The zero-order chi connectivity index (χ0) is 13.3. The second-order valence-electron chi connectivity index (χ2n) is 4.52. The highest BCUT2D eigenvalue weighted by Crippen LogP contribution is 2.24. The Morgan fingerprint density at radius 3 is 2.50 bits per heavy atom. The van der Waals surface area contributed by atoms with E-state index in [-0.39, 0.29) is 0 Å². The molecule has 0 aliphatic heterocycles. The predicted octanol–water partition coefficient (Wildman–Crippen LogP) is 3.17.